The fourth-order valence-electron chi connectivity index (χ4n) is 6.41. The number of ether oxygens (including phenoxy) is 2. The molecule has 0 saturated carbocycles. The third kappa shape index (κ3) is 8.60. The topological polar surface area (TPSA) is 121 Å². The zero-order valence-corrected chi connectivity index (χ0v) is 29.9. The van der Waals surface area contributed by atoms with Crippen LogP contribution in [0.15, 0.2) is 54.1 Å². The second-order valence-electron chi connectivity index (χ2n) is 12.3. The van der Waals surface area contributed by atoms with E-state index in [0.29, 0.717) is 84.9 Å². The lowest BCUT2D eigenvalue weighted by Gasteiger charge is -2.43. The molecule has 0 spiro atoms. The van der Waals surface area contributed by atoms with E-state index in [1.54, 1.807) is 26.4 Å². The number of halogens is 2. The molecule has 2 aromatic carbocycles. The van der Waals surface area contributed by atoms with Gasteiger partial charge in [-0.2, -0.15) is 4.31 Å². The summed E-state index contributed by atoms with van der Waals surface area (Å²) in [5.74, 6) is 0.986. The summed E-state index contributed by atoms with van der Waals surface area (Å²) in [4.78, 5) is 31.8. The standard InChI is InChI=1S/C34H43Cl2N5O6S/c1-46-27-16-24(17-28(20-27)47-2)22-38-33(43)34(40-10-8-37-9-11-40)6-4-26(5-7-34)32(42)21-29-30(35)18-25(19-31(29)36)23-39-12-14-41(15-13-39)48(3,44)45/h4-6,16-20,37H,7-15,21-23H2,1-3H3,(H,38,43). The first kappa shape index (κ1) is 36.3. The number of benzene rings is 2. The molecule has 260 valence electrons. The monoisotopic (exact) mass is 719 g/mol. The predicted molar refractivity (Wildman–Crippen MR) is 187 cm³/mol. The smallest absolute Gasteiger partial charge is 0.245 e. The summed E-state index contributed by atoms with van der Waals surface area (Å²) in [6.07, 6.45) is 7.02. The highest BCUT2D eigenvalue weighted by molar-refractivity contribution is 7.88. The van der Waals surface area contributed by atoms with Crippen LogP contribution in [-0.2, 0) is 39.1 Å². The second kappa shape index (κ2) is 15.7. The Balaban J connectivity index is 1.25. The average molecular weight is 721 g/mol. The van der Waals surface area contributed by atoms with Gasteiger partial charge in [0.2, 0.25) is 15.9 Å². The van der Waals surface area contributed by atoms with Gasteiger partial charge in [-0.05, 0) is 47.4 Å². The quantitative estimate of drug-likeness (QED) is 0.341. The van der Waals surface area contributed by atoms with Crippen molar-refractivity contribution in [2.75, 3.05) is 72.8 Å². The van der Waals surface area contributed by atoms with Crippen molar-refractivity contribution >= 4 is 44.9 Å². The van der Waals surface area contributed by atoms with Gasteiger partial charge in [-0.3, -0.25) is 19.4 Å². The zero-order chi connectivity index (χ0) is 34.5. The van der Waals surface area contributed by atoms with Crippen LogP contribution in [0.5, 0.6) is 11.5 Å². The first-order valence-corrected chi connectivity index (χ1v) is 18.5. The molecule has 1 aliphatic carbocycles. The number of carbonyl (C=O) groups excluding carboxylic acids is 2. The summed E-state index contributed by atoms with van der Waals surface area (Å²) in [5, 5.41) is 7.27. The molecule has 2 saturated heterocycles. The molecule has 11 nitrogen and oxygen atoms in total. The van der Waals surface area contributed by atoms with Crippen LogP contribution in [0.3, 0.4) is 0 Å². The SMILES string of the molecule is COc1cc(CNC(=O)C2(N3CCNCC3)C=CC(C(=O)Cc3c(Cl)cc(CN4CCN(S(C)(=O)=O)CC4)cc3Cl)=CC2)cc(OC)c1. The molecule has 1 atom stereocenters. The minimum atomic E-state index is -3.21. The molecule has 2 aromatic rings. The number of piperazine rings is 2. The van der Waals surface area contributed by atoms with Crippen molar-refractivity contribution in [1.29, 1.82) is 0 Å². The highest BCUT2D eigenvalue weighted by Crippen LogP contribution is 2.33. The van der Waals surface area contributed by atoms with Crippen molar-refractivity contribution in [1.82, 2.24) is 24.7 Å². The fraction of sp³-hybridized carbons (Fsp3) is 0.471. The Kier molecular flexibility index (Phi) is 11.9. The molecule has 14 heteroatoms. The van der Waals surface area contributed by atoms with Crippen molar-refractivity contribution in [2.45, 2.75) is 31.5 Å². The van der Waals surface area contributed by atoms with Gasteiger partial charge >= 0.3 is 0 Å². The molecule has 2 N–H and O–H groups in total. The lowest BCUT2D eigenvalue weighted by Crippen LogP contribution is -2.62. The minimum Gasteiger partial charge on any atom is -0.497 e. The Labute approximate surface area is 292 Å². The third-order valence-corrected chi connectivity index (χ3v) is 11.2. The van der Waals surface area contributed by atoms with E-state index in [9.17, 15) is 18.0 Å². The van der Waals surface area contributed by atoms with E-state index in [0.717, 1.165) is 24.2 Å². The highest BCUT2D eigenvalue weighted by atomic mass is 35.5. The average Bonchev–Trinajstić information content (AvgIpc) is 3.08. The van der Waals surface area contributed by atoms with Gasteiger partial charge in [0.15, 0.2) is 5.78 Å². The first-order valence-electron chi connectivity index (χ1n) is 15.9. The molecule has 2 aliphatic heterocycles. The maximum Gasteiger partial charge on any atom is 0.245 e. The molecule has 3 aliphatic rings. The summed E-state index contributed by atoms with van der Waals surface area (Å²) >= 11 is 13.3. The van der Waals surface area contributed by atoms with E-state index in [2.05, 4.69) is 20.4 Å². The molecule has 1 unspecified atom stereocenters. The Morgan fingerprint density at radius 2 is 1.54 bits per heavy atom. The third-order valence-electron chi connectivity index (χ3n) is 9.18. The van der Waals surface area contributed by atoms with Crippen molar-refractivity contribution in [2.24, 2.45) is 0 Å². The normalized spacial score (nSPS) is 21.1. The van der Waals surface area contributed by atoms with E-state index in [4.69, 9.17) is 32.7 Å². The number of allylic oxidation sites excluding steroid dienone is 2. The van der Waals surface area contributed by atoms with Gasteiger partial charge in [0, 0.05) is 93.6 Å². The maximum absolute atomic E-state index is 13.9. The fourth-order valence-corrected chi connectivity index (χ4v) is 7.90. The summed E-state index contributed by atoms with van der Waals surface area (Å²) in [5.41, 5.74) is 1.85. The van der Waals surface area contributed by atoms with E-state index < -0.39 is 15.6 Å². The van der Waals surface area contributed by atoms with E-state index in [1.807, 2.05) is 36.4 Å². The molecular weight excluding hydrogens is 677 g/mol. The molecule has 1 amide bonds. The van der Waals surface area contributed by atoms with E-state index >= 15 is 0 Å². The number of ketones is 1. The number of hydrogen-bond donors (Lipinski definition) is 2. The van der Waals surface area contributed by atoms with Crippen molar-refractivity contribution < 1.29 is 27.5 Å². The molecule has 5 rings (SSSR count). The number of nitrogens with zero attached hydrogens (tertiary/aromatic N) is 3. The largest absolute Gasteiger partial charge is 0.497 e. The van der Waals surface area contributed by atoms with Crippen molar-refractivity contribution in [3.05, 3.63) is 80.9 Å². The number of amides is 1. The summed E-state index contributed by atoms with van der Waals surface area (Å²) in [7, 11) is -0.0376. The van der Waals surface area contributed by atoms with Gasteiger partial charge in [-0.25, -0.2) is 8.42 Å². The Morgan fingerprint density at radius 3 is 2.08 bits per heavy atom. The summed E-state index contributed by atoms with van der Waals surface area (Å²) in [6.45, 7) is 5.83. The van der Waals surface area contributed by atoms with Gasteiger partial charge in [-0.1, -0.05) is 41.4 Å². The number of carbonyl (C=O) groups is 2. The minimum absolute atomic E-state index is 0.0195. The number of methoxy groups -OCH3 is 2. The van der Waals surface area contributed by atoms with E-state index in [-0.39, 0.29) is 24.7 Å². The van der Waals surface area contributed by atoms with Crippen LogP contribution in [0, 0.1) is 0 Å². The van der Waals surface area contributed by atoms with Crippen LogP contribution >= 0.6 is 23.2 Å². The lowest BCUT2D eigenvalue weighted by molar-refractivity contribution is -0.131. The molecule has 0 aromatic heterocycles. The van der Waals surface area contributed by atoms with Gasteiger partial charge in [0.05, 0.1) is 20.5 Å². The number of rotatable bonds is 12. The molecular formula is C34H43Cl2N5O6S. The van der Waals surface area contributed by atoms with Crippen molar-refractivity contribution in [3.63, 3.8) is 0 Å². The van der Waals surface area contributed by atoms with Gasteiger partial charge in [-0.15, -0.1) is 0 Å². The van der Waals surface area contributed by atoms with Gasteiger partial charge < -0.3 is 20.1 Å². The van der Waals surface area contributed by atoms with Gasteiger partial charge in [0.25, 0.3) is 0 Å². The summed E-state index contributed by atoms with van der Waals surface area (Å²) < 4.78 is 35.9. The Hall–Kier alpha value is -2.97. The van der Waals surface area contributed by atoms with Crippen LogP contribution in [0.4, 0.5) is 0 Å². The number of Topliss-reactive ketones (excluding diaryl/α,β-unsaturated/α-hetero) is 1. The van der Waals surface area contributed by atoms with E-state index in [1.165, 1.54) is 10.6 Å². The molecule has 0 bridgehead atoms. The molecule has 0 radical (unpaired) electrons. The zero-order valence-electron chi connectivity index (χ0n) is 27.6. The van der Waals surface area contributed by atoms with Crippen LogP contribution in [-0.4, -0.2) is 113 Å². The van der Waals surface area contributed by atoms with Crippen LogP contribution < -0.4 is 20.1 Å². The maximum atomic E-state index is 13.9. The number of nitrogens with one attached hydrogen (secondary N) is 2. The predicted octanol–water partition coefficient (Wildman–Crippen LogP) is 3.05. The lowest BCUT2D eigenvalue weighted by atomic mass is 9.83. The van der Waals surface area contributed by atoms with Crippen LogP contribution in [0.25, 0.3) is 0 Å². The van der Waals surface area contributed by atoms with Crippen molar-refractivity contribution in [3.8, 4) is 11.5 Å². The number of hydrogen-bond acceptors (Lipinski definition) is 9. The molecule has 48 heavy (non-hydrogen) atoms. The van der Waals surface area contributed by atoms with Crippen LogP contribution in [0.2, 0.25) is 10.0 Å². The Morgan fingerprint density at radius 1 is 0.917 bits per heavy atom. The first-order chi connectivity index (χ1) is 22.9. The summed E-state index contributed by atoms with van der Waals surface area (Å²) in [6, 6.07) is 9.14. The molecule has 2 fully saturated rings. The second-order valence-corrected chi connectivity index (χ2v) is 15.1. The molecule has 2 heterocycles. The number of sulfonamides is 1. The van der Waals surface area contributed by atoms with Gasteiger partial charge in [0.1, 0.15) is 17.0 Å². The van der Waals surface area contributed by atoms with Crippen LogP contribution in [0.1, 0.15) is 23.1 Å². The highest BCUT2D eigenvalue weighted by Gasteiger charge is 2.43. The Bertz CT molecular complexity index is 1640.